The minimum absolute atomic E-state index is 0.0206. The van der Waals surface area contributed by atoms with Crippen LogP contribution >= 0.6 is 11.8 Å². The molecule has 2 aromatic heterocycles. The van der Waals surface area contributed by atoms with Gasteiger partial charge in [-0.3, -0.25) is 9.20 Å². The van der Waals surface area contributed by atoms with Gasteiger partial charge in [0.05, 0.1) is 5.69 Å². The first-order chi connectivity index (χ1) is 9.06. The van der Waals surface area contributed by atoms with Crippen LogP contribution in [0.1, 0.15) is 24.6 Å². The fourth-order valence-electron chi connectivity index (χ4n) is 1.77. The maximum absolute atomic E-state index is 11.9. The van der Waals surface area contributed by atoms with E-state index < -0.39 is 0 Å². The Balaban J connectivity index is 2.14. The Kier molecular flexibility index (Phi) is 4.61. The molecule has 0 radical (unpaired) electrons. The Bertz CT molecular complexity index is 622. The SMILES string of the molecule is Cc1ccn2c(=O)cc(CSCCC(C)N)nc2c1. The predicted octanol–water partition coefficient (Wildman–Crippen LogP) is 1.97. The van der Waals surface area contributed by atoms with Crippen LogP contribution in [0.25, 0.3) is 5.65 Å². The number of aryl methyl sites for hydroxylation is 1. The minimum Gasteiger partial charge on any atom is -0.328 e. The van der Waals surface area contributed by atoms with E-state index >= 15 is 0 Å². The Morgan fingerprint density at radius 2 is 2.26 bits per heavy atom. The number of rotatable bonds is 5. The third-order valence-corrected chi connectivity index (χ3v) is 3.87. The second kappa shape index (κ2) is 6.21. The van der Waals surface area contributed by atoms with Crippen LogP contribution in [-0.2, 0) is 5.75 Å². The standard InChI is InChI=1S/C14H19N3OS/c1-10-3-5-17-13(7-10)16-12(8-14(17)18)9-19-6-4-11(2)15/h3,5,7-8,11H,4,6,9,15H2,1-2H3. The molecule has 2 N–H and O–H groups in total. The molecule has 0 aliphatic carbocycles. The lowest BCUT2D eigenvalue weighted by atomic mass is 10.3. The van der Waals surface area contributed by atoms with E-state index in [9.17, 15) is 4.79 Å². The molecule has 4 nitrogen and oxygen atoms in total. The van der Waals surface area contributed by atoms with Crippen LogP contribution in [0.4, 0.5) is 0 Å². The number of aromatic nitrogens is 2. The second-order valence-electron chi connectivity index (χ2n) is 4.84. The van der Waals surface area contributed by atoms with Gasteiger partial charge in [-0.25, -0.2) is 4.98 Å². The minimum atomic E-state index is -0.0206. The molecular weight excluding hydrogens is 258 g/mol. The van der Waals surface area contributed by atoms with Gasteiger partial charge >= 0.3 is 0 Å². The number of fused-ring (bicyclic) bond motifs is 1. The number of hydrogen-bond donors (Lipinski definition) is 1. The summed E-state index contributed by atoms with van der Waals surface area (Å²) < 4.78 is 1.57. The normalized spacial score (nSPS) is 12.8. The van der Waals surface area contributed by atoms with Crippen LogP contribution < -0.4 is 11.3 Å². The summed E-state index contributed by atoms with van der Waals surface area (Å²) in [4.78, 5) is 16.5. The topological polar surface area (TPSA) is 60.4 Å². The first-order valence-corrected chi connectivity index (χ1v) is 7.54. The monoisotopic (exact) mass is 277 g/mol. The van der Waals surface area contributed by atoms with E-state index in [4.69, 9.17) is 5.73 Å². The van der Waals surface area contributed by atoms with E-state index in [1.807, 2.05) is 26.0 Å². The van der Waals surface area contributed by atoms with Gasteiger partial charge in [0, 0.05) is 24.1 Å². The molecule has 2 rings (SSSR count). The molecule has 0 saturated carbocycles. The molecule has 0 aliphatic rings. The van der Waals surface area contributed by atoms with Crippen molar-refractivity contribution in [3.8, 4) is 0 Å². The molecule has 2 heterocycles. The van der Waals surface area contributed by atoms with Crippen molar-refractivity contribution in [1.29, 1.82) is 0 Å². The highest BCUT2D eigenvalue weighted by Crippen LogP contribution is 2.12. The van der Waals surface area contributed by atoms with Crippen molar-refractivity contribution in [2.75, 3.05) is 5.75 Å². The summed E-state index contributed by atoms with van der Waals surface area (Å²) in [5.74, 6) is 1.75. The molecule has 0 spiro atoms. The number of thioether (sulfide) groups is 1. The van der Waals surface area contributed by atoms with E-state index in [0.29, 0.717) is 0 Å². The molecule has 0 bridgehead atoms. The van der Waals surface area contributed by atoms with Crippen molar-refractivity contribution in [3.63, 3.8) is 0 Å². The summed E-state index contributed by atoms with van der Waals surface area (Å²) >= 11 is 1.77. The first kappa shape index (κ1) is 14.1. The molecule has 19 heavy (non-hydrogen) atoms. The lowest BCUT2D eigenvalue weighted by Crippen LogP contribution is -2.16. The van der Waals surface area contributed by atoms with E-state index in [1.165, 1.54) is 0 Å². The van der Waals surface area contributed by atoms with Gasteiger partial charge in [-0.15, -0.1) is 0 Å². The molecule has 5 heteroatoms. The van der Waals surface area contributed by atoms with E-state index in [-0.39, 0.29) is 11.6 Å². The molecule has 2 aromatic rings. The Labute approximate surface area is 117 Å². The molecule has 0 aromatic carbocycles. The van der Waals surface area contributed by atoms with Gasteiger partial charge in [0.2, 0.25) is 0 Å². The summed E-state index contributed by atoms with van der Waals surface area (Å²) in [5.41, 5.74) is 8.35. The van der Waals surface area contributed by atoms with Crippen molar-refractivity contribution in [2.45, 2.75) is 32.1 Å². The van der Waals surface area contributed by atoms with Gasteiger partial charge in [0.15, 0.2) is 0 Å². The molecule has 102 valence electrons. The van der Waals surface area contributed by atoms with Crippen molar-refractivity contribution in [3.05, 3.63) is 46.0 Å². The van der Waals surface area contributed by atoms with Gasteiger partial charge in [-0.2, -0.15) is 11.8 Å². The highest BCUT2D eigenvalue weighted by molar-refractivity contribution is 7.98. The zero-order valence-corrected chi connectivity index (χ0v) is 12.1. The average Bonchev–Trinajstić information content (AvgIpc) is 2.34. The van der Waals surface area contributed by atoms with Crippen LogP contribution in [0.2, 0.25) is 0 Å². The second-order valence-corrected chi connectivity index (χ2v) is 5.94. The summed E-state index contributed by atoms with van der Waals surface area (Å²) in [7, 11) is 0. The molecule has 0 aliphatic heterocycles. The zero-order chi connectivity index (χ0) is 13.8. The van der Waals surface area contributed by atoms with Crippen molar-refractivity contribution in [2.24, 2.45) is 5.73 Å². The predicted molar refractivity (Wildman–Crippen MR) is 80.6 cm³/mol. The summed E-state index contributed by atoms with van der Waals surface area (Å²) in [6, 6.07) is 5.68. The summed E-state index contributed by atoms with van der Waals surface area (Å²) in [6.07, 6.45) is 2.75. The first-order valence-electron chi connectivity index (χ1n) is 6.38. The number of nitrogens with two attached hydrogens (primary N) is 1. The van der Waals surface area contributed by atoms with Crippen LogP contribution in [-0.4, -0.2) is 21.2 Å². The van der Waals surface area contributed by atoms with Crippen LogP contribution in [0, 0.1) is 6.92 Å². The fourth-order valence-corrected chi connectivity index (χ4v) is 2.81. The van der Waals surface area contributed by atoms with Crippen molar-refractivity contribution in [1.82, 2.24) is 9.38 Å². The number of nitrogens with zero attached hydrogens (tertiary/aromatic N) is 2. The highest BCUT2D eigenvalue weighted by atomic mass is 32.2. The van der Waals surface area contributed by atoms with E-state index in [0.717, 1.165) is 34.8 Å². The molecule has 1 unspecified atom stereocenters. The van der Waals surface area contributed by atoms with Crippen molar-refractivity contribution < 1.29 is 0 Å². The van der Waals surface area contributed by atoms with Gasteiger partial charge in [0.1, 0.15) is 5.65 Å². The largest absolute Gasteiger partial charge is 0.328 e. The van der Waals surface area contributed by atoms with Gasteiger partial charge in [0.25, 0.3) is 5.56 Å². The van der Waals surface area contributed by atoms with Crippen LogP contribution in [0.15, 0.2) is 29.2 Å². The van der Waals surface area contributed by atoms with Crippen molar-refractivity contribution >= 4 is 17.4 Å². The highest BCUT2D eigenvalue weighted by Gasteiger charge is 2.03. The van der Waals surface area contributed by atoms with Crippen LogP contribution in [0.3, 0.4) is 0 Å². The maximum atomic E-state index is 11.9. The molecule has 0 saturated heterocycles. The Morgan fingerprint density at radius 3 is 3.00 bits per heavy atom. The maximum Gasteiger partial charge on any atom is 0.258 e. The Hall–Kier alpha value is -1.33. The lowest BCUT2D eigenvalue weighted by molar-refractivity contribution is 0.721. The quantitative estimate of drug-likeness (QED) is 0.849. The van der Waals surface area contributed by atoms with E-state index in [1.54, 1.807) is 28.4 Å². The smallest absolute Gasteiger partial charge is 0.258 e. The van der Waals surface area contributed by atoms with E-state index in [2.05, 4.69) is 4.98 Å². The third-order valence-electron chi connectivity index (χ3n) is 2.84. The summed E-state index contributed by atoms with van der Waals surface area (Å²) in [6.45, 7) is 4.00. The average molecular weight is 277 g/mol. The molecule has 0 amide bonds. The number of hydrogen-bond acceptors (Lipinski definition) is 4. The molecule has 0 fully saturated rings. The molecular formula is C14H19N3OS. The van der Waals surface area contributed by atoms with Crippen LogP contribution in [0.5, 0.6) is 0 Å². The molecule has 1 atom stereocenters. The third kappa shape index (κ3) is 3.81. The lowest BCUT2D eigenvalue weighted by Gasteiger charge is -2.06. The Morgan fingerprint density at radius 1 is 1.47 bits per heavy atom. The van der Waals surface area contributed by atoms with Gasteiger partial charge in [-0.1, -0.05) is 0 Å². The number of pyridine rings is 1. The van der Waals surface area contributed by atoms with Gasteiger partial charge < -0.3 is 5.73 Å². The summed E-state index contributed by atoms with van der Waals surface area (Å²) in [5, 5.41) is 0. The van der Waals surface area contributed by atoms with Gasteiger partial charge in [-0.05, 0) is 43.7 Å². The fraction of sp³-hybridized carbons (Fsp3) is 0.429. The zero-order valence-electron chi connectivity index (χ0n) is 11.3.